The second-order valence-electron chi connectivity index (χ2n) is 5.26. The Bertz CT molecular complexity index is 567. The highest BCUT2D eigenvalue weighted by atomic mass is 19.1. The quantitative estimate of drug-likeness (QED) is 0.866. The molecule has 0 atom stereocenters. The van der Waals surface area contributed by atoms with Gasteiger partial charge >= 0.3 is 0 Å². The summed E-state index contributed by atoms with van der Waals surface area (Å²) in [6, 6.07) is 5.24. The summed E-state index contributed by atoms with van der Waals surface area (Å²) in [6.45, 7) is 0. The van der Waals surface area contributed by atoms with E-state index in [1.54, 1.807) is 6.07 Å². The summed E-state index contributed by atoms with van der Waals surface area (Å²) in [4.78, 5) is 0. The minimum atomic E-state index is -0.125. The fourth-order valence-corrected chi connectivity index (χ4v) is 2.48. The standard InChI is InChI=1S/C14H17FN2/c1-17-9-10(5-6-14(16)7-8-14)13-11(15)3-2-4-12(13)17/h2-4,9H,5-8,16H2,1H3. The lowest BCUT2D eigenvalue weighted by atomic mass is 10.0. The number of aryl methyl sites for hydroxylation is 2. The van der Waals surface area contributed by atoms with E-state index in [1.807, 2.05) is 23.9 Å². The molecule has 1 aliphatic carbocycles. The van der Waals surface area contributed by atoms with Crippen molar-refractivity contribution in [2.75, 3.05) is 0 Å². The summed E-state index contributed by atoms with van der Waals surface area (Å²) in [5.74, 6) is -0.125. The zero-order chi connectivity index (χ0) is 12.0. The second-order valence-corrected chi connectivity index (χ2v) is 5.26. The number of halogens is 1. The number of aromatic nitrogens is 1. The van der Waals surface area contributed by atoms with Crippen LogP contribution in [0.4, 0.5) is 4.39 Å². The molecule has 1 aliphatic rings. The zero-order valence-corrected chi connectivity index (χ0v) is 10.0. The molecule has 1 heterocycles. The third-order valence-corrected chi connectivity index (χ3v) is 3.83. The van der Waals surface area contributed by atoms with Crippen LogP contribution in [0.5, 0.6) is 0 Å². The predicted molar refractivity (Wildman–Crippen MR) is 67.4 cm³/mol. The minimum Gasteiger partial charge on any atom is -0.350 e. The van der Waals surface area contributed by atoms with E-state index in [0.29, 0.717) is 0 Å². The molecule has 0 radical (unpaired) electrons. The van der Waals surface area contributed by atoms with Crippen LogP contribution < -0.4 is 5.73 Å². The Morgan fingerprint density at radius 1 is 1.41 bits per heavy atom. The Morgan fingerprint density at radius 3 is 2.88 bits per heavy atom. The molecule has 0 aliphatic heterocycles. The number of nitrogens with zero attached hydrogens (tertiary/aromatic N) is 1. The van der Waals surface area contributed by atoms with Crippen molar-refractivity contribution in [2.24, 2.45) is 12.8 Å². The Morgan fingerprint density at radius 2 is 2.18 bits per heavy atom. The van der Waals surface area contributed by atoms with Crippen molar-refractivity contribution in [2.45, 2.75) is 31.2 Å². The van der Waals surface area contributed by atoms with Crippen molar-refractivity contribution in [3.05, 3.63) is 35.8 Å². The monoisotopic (exact) mass is 232 g/mol. The lowest BCUT2D eigenvalue weighted by Gasteiger charge is -2.07. The van der Waals surface area contributed by atoms with Crippen LogP contribution in [-0.2, 0) is 13.5 Å². The van der Waals surface area contributed by atoms with Gasteiger partial charge in [-0.2, -0.15) is 0 Å². The van der Waals surface area contributed by atoms with Crippen LogP contribution in [0.2, 0.25) is 0 Å². The minimum absolute atomic E-state index is 0.0351. The first-order chi connectivity index (χ1) is 8.09. The van der Waals surface area contributed by atoms with Crippen LogP contribution in [0.1, 0.15) is 24.8 Å². The number of hydrogen-bond donors (Lipinski definition) is 1. The molecule has 0 spiro atoms. The third kappa shape index (κ3) is 1.84. The second kappa shape index (κ2) is 3.57. The Balaban J connectivity index is 1.98. The van der Waals surface area contributed by atoms with Crippen molar-refractivity contribution in [3.63, 3.8) is 0 Å². The van der Waals surface area contributed by atoms with Gasteiger partial charge in [0.15, 0.2) is 0 Å². The summed E-state index contributed by atoms with van der Waals surface area (Å²) >= 11 is 0. The average molecular weight is 232 g/mol. The average Bonchev–Trinajstić information content (AvgIpc) is 2.94. The van der Waals surface area contributed by atoms with Crippen LogP contribution in [0.15, 0.2) is 24.4 Å². The number of hydrogen-bond acceptors (Lipinski definition) is 1. The molecule has 3 rings (SSSR count). The largest absolute Gasteiger partial charge is 0.350 e. The fourth-order valence-electron chi connectivity index (χ4n) is 2.48. The van der Waals surface area contributed by atoms with Gasteiger partial charge in [-0.05, 0) is 43.4 Å². The van der Waals surface area contributed by atoms with Crippen molar-refractivity contribution in [1.29, 1.82) is 0 Å². The molecule has 0 unspecified atom stereocenters. The first kappa shape index (κ1) is 10.8. The van der Waals surface area contributed by atoms with Gasteiger partial charge < -0.3 is 10.3 Å². The molecule has 1 aromatic carbocycles. The fraction of sp³-hybridized carbons (Fsp3) is 0.429. The van der Waals surface area contributed by atoms with Crippen molar-refractivity contribution < 1.29 is 4.39 Å². The molecule has 0 amide bonds. The molecule has 1 saturated carbocycles. The summed E-state index contributed by atoms with van der Waals surface area (Å²) in [6.07, 6.45) is 6.08. The zero-order valence-electron chi connectivity index (χ0n) is 10.0. The molecule has 2 nitrogen and oxygen atoms in total. The molecule has 3 heteroatoms. The van der Waals surface area contributed by atoms with E-state index in [-0.39, 0.29) is 11.4 Å². The molecular formula is C14H17FN2. The Hall–Kier alpha value is -1.35. The Labute approximate surface area is 100 Å². The van der Waals surface area contributed by atoms with Crippen molar-refractivity contribution in [3.8, 4) is 0 Å². The van der Waals surface area contributed by atoms with Gasteiger partial charge in [0.05, 0.1) is 5.52 Å². The van der Waals surface area contributed by atoms with Gasteiger partial charge in [0.25, 0.3) is 0 Å². The number of nitrogens with two attached hydrogens (primary N) is 1. The van der Waals surface area contributed by atoms with E-state index in [4.69, 9.17) is 5.73 Å². The highest BCUT2D eigenvalue weighted by Crippen LogP contribution is 2.37. The van der Waals surface area contributed by atoms with E-state index >= 15 is 0 Å². The van der Waals surface area contributed by atoms with Gasteiger partial charge in [0.2, 0.25) is 0 Å². The maximum absolute atomic E-state index is 13.9. The van der Waals surface area contributed by atoms with E-state index in [9.17, 15) is 4.39 Å². The lowest BCUT2D eigenvalue weighted by Crippen LogP contribution is -2.22. The highest BCUT2D eigenvalue weighted by Gasteiger charge is 2.37. The van der Waals surface area contributed by atoms with Gasteiger partial charge in [0, 0.05) is 24.2 Å². The van der Waals surface area contributed by atoms with E-state index in [1.165, 1.54) is 6.07 Å². The molecule has 1 fully saturated rings. The molecule has 2 aromatic rings. The summed E-state index contributed by atoms with van der Waals surface area (Å²) in [5.41, 5.74) is 8.16. The number of rotatable bonds is 3. The maximum Gasteiger partial charge on any atom is 0.132 e. The third-order valence-electron chi connectivity index (χ3n) is 3.83. The molecule has 1 aromatic heterocycles. The molecule has 0 saturated heterocycles. The SMILES string of the molecule is Cn1cc(CCC2(N)CC2)c2c(F)cccc21. The van der Waals surface area contributed by atoms with Crippen LogP contribution in [0.3, 0.4) is 0 Å². The van der Waals surface area contributed by atoms with E-state index in [0.717, 1.165) is 42.1 Å². The highest BCUT2D eigenvalue weighted by molar-refractivity contribution is 5.84. The molecule has 90 valence electrons. The van der Waals surface area contributed by atoms with Crippen LogP contribution in [-0.4, -0.2) is 10.1 Å². The topological polar surface area (TPSA) is 30.9 Å². The van der Waals surface area contributed by atoms with Gasteiger partial charge in [0.1, 0.15) is 5.82 Å². The van der Waals surface area contributed by atoms with Gasteiger partial charge in [-0.15, -0.1) is 0 Å². The van der Waals surface area contributed by atoms with E-state index in [2.05, 4.69) is 0 Å². The molecular weight excluding hydrogens is 215 g/mol. The maximum atomic E-state index is 13.9. The van der Waals surface area contributed by atoms with Crippen LogP contribution in [0.25, 0.3) is 10.9 Å². The first-order valence-corrected chi connectivity index (χ1v) is 6.10. The summed E-state index contributed by atoms with van der Waals surface area (Å²) in [5, 5.41) is 0.763. The normalized spacial score (nSPS) is 17.6. The number of fused-ring (bicyclic) bond motifs is 1. The first-order valence-electron chi connectivity index (χ1n) is 6.10. The number of benzene rings is 1. The molecule has 0 bridgehead atoms. The smallest absolute Gasteiger partial charge is 0.132 e. The van der Waals surface area contributed by atoms with Crippen molar-refractivity contribution in [1.82, 2.24) is 4.57 Å². The summed E-state index contributed by atoms with van der Waals surface area (Å²) in [7, 11) is 1.96. The molecule has 17 heavy (non-hydrogen) atoms. The van der Waals surface area contributed by atoms with Gasteiger partial charge in [-0.25, -0.2) is 4.39 Å². The summed E-state index contributed by atoms with van der Waals surface area (Å²) < 4.78 is 15.8. The van der Waals surface area contributed by atoms with Crippen molar-refractivity contribution >= 4 is 10.9 Å². The van der Waals surface area contributed by atoms with Crippen LogP contribution >= 0.6 is 0 Å². The van der Waals surface area contributed by atoms with Crippen LogP contribution in [0, 0.1) is 5.82 Å². The lowest BCUT2D eigenvalue weighted by molar-refractivity contribution is 0.606. The van der Waals surface area contributed by atoms with Gasteiger partial charge in [-0.1, -0.05) is 6.07 Å². The molecule has 2 N–H and O–H groups in total. The van der Waals surface area contributed by atoms with E-state index < -0.39 is 0 Å². The van der Waals surface area contributed by atoms with Gasteiger partial charge in [-0.3, -0.25) is 0 Å². The Kier molecular flexibility index (Phi) is 2.26. The predicted octanol–water partition coefficient (Wildman–Crippen LogP) is 2.74.